The van der Waals surface area contributed by atoms with Crippen LogP contribution in [0.4, 0.5) is 5.69 Å². The van der Waals surface area contributed by atoms with Crippen molar-refractivity contribution in [1.29, 1.82) is 5.41 Å². The Morgan fingerprint density at radius 1 is 1.06 bits per heavy atom. The van der Waals surface area contributed by atoms with Gasteiger partial charge in [-0.25, -0.2) is 4.98 Å². The molecule has 160 valence electrons. The lowest BCUT2D eigenvalue weighted by Gasteiger charge is -2.36. The Labute approximate surface area is 184 Å². The molecule has 8 nitrogen and oxygen atoms in total. The maximum atomic E-state index is 12.6. The number of piperazine rings is 1. The molecule has 2 aromatic carbocycles. The van der Waals surface area contributed by atoms with Gasteiger partial charge in [0.05, 0.1) is 10.9 Å². The number of thioether (sulfide) groups is 1. The monoisotopic (exact) mass is 436 g/mol. The first-order valence-corrected chi connectivity index (χ1v) is 11.1. The van der Waals surface area contributed by atoms with Crippen LogP contribution in [0.5, 0.6) is 0 Å². The number of amidine groups is 1. The molecular weight excluding hydrogens is 412 g/mol. The van der Waals surface area contributed by atoms with E-state index in [1.807, 2.05) is 34.1 Å². The molecule has 1 saturated heterocycles. The Balaban J connectivity index is 1.27. The second kappa shape index (κ2) is 9.22. The minimum absolute atomic E-state index is 0.0704. The molecule has 4 rings (SSSR count). The zero-order chi connectivity index (χ0) is 21.8. The maximum absolute atomic E-state index is 12.6. The zero-order valence-corrected chi connectivity index (χ0v) is 17.8. The van der Waals surface area contributed by atoms with E-state index in [0.717, 1.165) is 5.56 Å². The van der Waals surface area contributed by atoms with Gasteiger partial charge >= 0.3 is 0 Å². The highest BCUT2D eigenvalue weighted by molar-refractivity contribution is 7.99. The van der Waals surface area contributed by atoms with Crippen molar-refractivity contribution in [3.63, 3.8) is 0 Å². The Morgan fingerprint density at radius 2 is 1.74 bits per heavy atom. The maximum Gasteiger partial charge on any atom is 0.259 e. The minimum atomic E-state index is -0.169. The smallest absolute Gasteiger partial charge is 0.259 e. The number of rotatable bonds is 5. The number of amides is 1. The number of fused-ring (bicyclic) bond motifs is 1. The van der Waals surface area contributed by atoms with Crippen molar-refractivity contribution in [2.24, 2.45) is 0 Å². The molecule has 0 unspecified atom stereocenters. The van der Waals surface area contributed by atoms with Crippen LogP contribution in [0.1, 0.15) is 12.0 Å². The molecule has 1 fully saturated rings. The molecule has 31 heavy (non-hydrogen) atoms. The molecule has 1 aliphatic rings. The van der Waals surface area contributed by atoms with Crippen LogP contribution in [0.2, 0.25) is 0 Å². The topological polar surface area (TPSA) is 119 Å². The molecule has 0 bridgehead atoms. The number of carbonyl (C=O) groups is 1. The van der Waals surface area contributed by atoms with E-state index in [1.165, 1.54) is 11.8 Å². The molecule has 1 amide bonds. The van der Waals surface area contributed by atoms with Crippen molar-refractivity contribution >= 4 is 40.1 Å². The molecule has 0 atom stereocenters. The van der Waals surface area contributed by atoms with Gasteiger partial charge in [0.15, 0.2) is 5.16 Å². The summed E-state index contributed by atoms with van der Waals surface area (Å²) >= 11 is 1.37. The van der Waals surface area contributed by atoms with Gasteiger partial charge in [0.1, 0.15) is 5.84 Å². The van der Waals surface area contributed by atoms with Crippen molar-refractivity contribution in [2.45, 2.75) is 11.6 Å². The Hall–Kier alpha value is -3.33. The zero-order valence-electron chi connectivity index (χ0n) is 17.0. The van der Waals surface area contributed by atoms with Crippen LogP contribution in [-0.4, -0.2) is 63.4 Å². The molecular formula is C22H24N6O2S. The highest BCUT2D eigenvalue weighted by atomic mass is 32.2. The summed E-state index contributed by atoms with van der Waals surface area (Å²) in [4.78, 5) is 35.7. The van der Waals surface area contributed by atoms with Crippen LogP contribution in [0.15, 0.2) is 58.5 Å². The number of hydrogen-bond acceptors (Lipinski definition) is 6. The molecule has 9 heteroatoms. The van der Waals surface area contributed by atoms with Gasteiger partial charge in [-0.3, -0.25) is 15.0 Å². The third-order valence-corrected chi connectivity index (χ3v) is 6.19. The van der Waals surface area contributed by atoms with Gasteiger partial charge in [-0.1, -0.05) is 36.0 Å². The lowest BCUT2D eigenvalue weighted by molar-refractivity contribution is -0.132. The number of nitrogens with zero attached hydrogens (tertiary/aromatic N) is 3. The third-order valence-electron chi connectivity index (χ3n) is 5.31. The van der Waals surface area contributed by atoms with E-state index in [-0.39, 0.29) is 11.5 Å². The molecule has 1 aliphatic heterocycles. The molecule has 0 aliphatic carbocycles. The van der Waals surface area contributed by atoms with Crippen molar-refractivity contribution in [3.8, 4) is 0 Å². The average molecular weight is 437 g/mol. The summed E-state index contributed by atoms with van der Waals surface area (Å²) in [6.45, 7) is 2.35. The van der Waals surface area contributed by atoms with Crippen LogP contribution in [0.3, 0.4) is 0 Å². The molecule has 3 aromatic rings. The first kappa shape index (κ1) is 20.9. The minimum Gasteiger partial charge on any atom is -0.398 e. The van der Waals surface area contributed by atoms with Gasteiger partial charge in [0, 0.05) is 49.6 Å². The van der Waals surface area contributed by atoms with E-state index >= 15 is 0 Å². The van der Waals surface area contributed by atoms with Gasteiger partial charge in [-0.15, -0.1) is 0 Å². The highest BCUT2D eigenvalue weighted by Gasteiger charge is 2.23. The first-order chi connectivity index (χ1) is 15.0. The van der Waals surface area contributed by atoms with Crippen LogP contribution < -0.4 is 11.3 Å². The van der Waals surface area contributed by atoms with Crippen molar-refractivity contribution in [3.05, 3.63) is 64.4 Å². The van der Waals surface area contributed by atoms with Gasteiger partial charge in [0.2, 0.25) is 5.91 Å². The van der Waals surface area contributed by atoms with Crippen LogP contribution >= 0.6 is 11.8 Å². The predicted octanol–water partition coefficient (Wildman–Crippen LogP) is 2.16. The highest BCUT2D eigenvalue weighted by Crippen LogP contribution is 2.18. The Kier molecular flexibility index (Phi) is 6.22. The van der Waals surface area contributed by atoms with Crippen LogP contribution in [0.25, 0.3) is 10.9 Å². The second-order valence-corrected chi connectivity index (χ2v) is 8.37. The first-order valence-electron chi connectivity index (χ1n) is 10.1. The van der Waals surface area contributed by atoms with E-state index in [1.54, 1.807) is 24.3 Å². The van der Waals surface area contributed by atoms with Gasteiger partial charge in [-0.05, 0) is 24.3 Å². The summed E-state index contributed by atoms with van der Waals surface area (Å²) in [5.41, 5.74) is 7.77. The average Bonchev–Trinajstić information content (AvgIpc) is 2.79. The summed E-state index contributed by atoms with van der Waals surface area (Å²) in [5, 5.41) is 9.50. The van der Waals surface area contributed by atoms with Gasteiger partial charge < -0.3 is 20.5 Å². The van der Waals surface area contributed by atoms with E-state index in [0.29, 0.717) is 65.9 Å². The van der Waals surface area contributed by atoms with E-state index in [9.17, 15) is 9.59 Å². The number of nitrogens with one attached hydrogen (secondary N) is 2. The second-order valence-electron chi connectivity index (χ2n) is 7.29. The molecule has 2 heterocycles. The SMILES string of the molecule is N=C(c1ccccc1N)N1CCN(C(=O)CCSc2nc3ccccc3c(=O)[nH]2)CC1. The van der Waals surface area contributed by atoms with Crippen molar-refractivity contribution < 1.29 is 4.79 Å². The summed E-state index contributed by atoms with van der Waals surface area (Å²) in [7, 11) is 0. The molecule has 0 saturated carbocycles. The van der Waals surface area contributed by atoms with E-state index in [4.69, 9.17) is 11.1 Å². The van der Waals surface area contributed by atoms with Gasteiger partial charge in [-0.2, -0.15) is 0 Å². The number of aromatic nitrogens is 2. The van der Waals surface area contributed by atoms with Crippen molar-refractivity contribution in [1.82, 2.24) is 19.8 Å². The molecule has 1 aromatic heterocycles. The van der Waals surface area contributed by atoms with E-state index < -0.39 is 0 Å². The molecule has 0 spiro atoms. The fraction of sp³-hybridized carbons (Fsp3) is 0.273. The van der Waals surface area contributed by atoms with Gasteiger partial charge in [0.25, 0.3) is 5.56 Å². The summed E-state index contributed by atoms with van der Waals surface area (Å²) in [5.74, 6) is 1.00. The fourth-order valence-electron chi connectivity index (χ4n) is 3.59. The van der Waals surface area contributed by atoms with Crippen LogP contribution in [-0.2, 0) is 4.79 Å². The Bertz CT molecular complexity index is 1170. The van der Waals surface area contributed by atoms with E-state index in [2.05, 4.69) is 9.97 Å². The standard InChI is InChI=1S/C22H24N6O2S/c23-17-7-3-1-5-15(17)20(24)28-12-10-27(11-13-28)19(29)9-14-31-22-25-18-8-4-2-6-16(18)21(30)26-22/h1-8,24H,9-14,23H2,(H,25,26,30). The lowest BCUT2D eigenvalue weighted by Crippen LogP contribution is -2.50. The normalized spacial score (nSPS) is 14.1. The number of aromatic amines is 1. The van der Waals surface area contributed by atoms with Crippen LogP contribution in [0, 0.1) is 5.41 Å². The lowest BCUT2D eigenvalue weighted by atomic mass is 10.1. The fourth-order valence-corrected chi connectivity index (χ4v) is 4.39. The number of nitrogen functional groups attached to an aromatic ring is 1. The Morgan fingerprint density at radius 3 is 2.52 bits per heavy atom. The number of hydrogen-bond donors (Lipinski definition) is 3. The number of carbonyl (C=O) groups excluding carboxylic acids is 1. The summed E-state index contributed by atoms with van der Waals surface area (Å²) in [6, 6.07) is 14.6. The van der Waals surface area contributed by atoms with Crippen molar-refractivity contribution in [2.75, 3.05) is 37.7 Å². The third kappa shape index (κ3) is 4.72. The molecule has 0 radical (unpaired) electrons. The number of benzene rings is 2. The number of nitrogens with two attached hydrogens (primary N) is 1. The summed E-state index contributed by atoms with van der Waals surface area (Å²) < 4.78 is 0. The summed E-state index contributed by atoms with van der Waals surface area (Å²) in [6.07, 6.45) is 0.365. The number of para-hydroxylation sites is 2. The predicted molar refractivity (Wildman–Crippen MR) is 124 cm³/mol. The molecule has 4 N–H and O–H groups in total. The number of anilines is 1. The quantitative estimate of drug-likeness (QED) is 0.185. The largest absolute Gasteiger partial charge is 0.398 e. The number of H-pyrrole nitrogens is 1.